The number of hydrogen-bond acceptors (Lipinski definition) is 6. The monoisotopic (exact) mass is 458 g/mol. The second-order valence-electron chi connectivity index (χ2n) is 6.97. The van der Waals surface area contributed by atoms with Crippen molar-refractivity contribution in [3.63, 3.8) is 0 Å². The second-order valence-corrected chi connectivity index (χ2v) is 8.39. The molecule has 3 rings (SSSR count). The van der Waals surface area contributed by atoms with Crippen LogP contribution >= 0.6 is 22.9 Å². The number of rotatable bonds is 8. The molecule has 0 saturated carbocycles. The van der Waals surface area contributed by atoms with Gasteiger partial charge in [0.25, 0.3) is 5.91 Å². The fourth-order valence-corrected chi connectivity index (χ4v) is 3.71. The highest BCUT2D eigenvalue weighted by Gasteiger charge is 2.27. The maximum absolute atomic E-state index is 12.9. The summed E-state index contributed by atoms with van der Waals surface area (Å²) in [5, 5.41) is 15.5. The normalized spacial score (nSPS) is 12.6. The predicted molar refractivity (Wildman–Crippen MR) is 123 cm³/mol. The molecule has 2 amide bonds. The number of amides is 2. The van der Waals surface area contributed by atoms with Crippen LogP contribution in [0, 0.1) is 5.92 Å². The number of aromatic nitrogens is 2. The molecule has 162 valence electrons. The number of carbonyl (C=O) groups is 2. The zero-order valence-corrected chi connectivity index (χ0v) is 19.0. The number of anilines is 1. The molecule has 9 heteroatoms. The van der Waals surface area contributed by atoms with E-state index in [1.165, 1.54) is 11.3 Å². The molecule has 0 bridgehead atoms. The molecular weight excluding hydrogens is 436 g/mol. The Hall–Kier alpha value is -2.97. The van der Waals surface area contributed by atoms with Gasteiger partial charge in [-0.2, -0.15) is 0 Å². The van der Waals surface area contributed by atoms with Crippen molar-refractivity contribution in [1.29, 1.82) is 0 Å². The second kappa shape index (κ2) is 10.4. The Balaban J connectivity index is 1.71. The maximum Gasteiger partial charge on any atom is 0.251 e. The number of nitrogens with one attached hydrogen (secondary N) is 2. The van der Waals surface area contributed by atoms with Gasteiger partial charge < -0.3 is 10.1 Å². The highest BCUT2D eigenvalue weighted by molar-refractivity contribution is 7.18. The van der Waals surface area contributed by atoms with Crippen LogP contribution in [0.4, 0.5) is 5.13 Å². The van der Waals surface area contributed by atoms with Gasteiger partial charge in [-0.25, -0.2) is 0 Å². The number of methoxy groups -OCH3 is 1. The van der Waals surface area contributed by atoms with E-state index in [9.17, 15) is 9.59 Å². The maximum atomic E-state index is 12.9. The number of hydrogen-bond donors (Lipinski definition) is 2. The molecular formula is C22H23ClN4O3S. The summed E-state index contributed by atoms with van der Waals surface area (Å²) in [6, 6.07) is 13.2. The van der Waals surface area contributed by atoms with E-state index < -0.39 is 6.04 Å². The van der Waals surface area contributed by atoms with Crippen LogP contribution in [0.2, 0.25) is 5.02 Å². The number of halogens is 1. The van der Waals surface area contributed by atoms with Crippen molar-refractivity contribution in [3.05, 3.63) is 59.1 Å². The van der Waals surface area contributed by atoms with E-state index in [1.54, 1.807) is 43.5 Å². The first-order chi connectivity index (χ1) is 14.9. The van der Waals surface area contributed by atoms with Gasteiger partial charge in [0.05, 0.1) is 7.11 Å². The largest absolute Gasteiger partial charge is 0.497 e. The highest BCUT2D eigenvalue weighted by Crippen LogP contribution is 2.27. The molecule has 0 fully saturated rings. The van der Waals surface area contributed by atoms with E-state index in [2.05, 4.69) is 20.8 Å². The Labute approximate surface area is 189 Å². The summed E-state index contributed by atoms with van der Waals surface area (Å²) in [6.07, 6.45) is 0.715. The quantitative estimate of drug-likeness (QED) is 0.512. The van der Waals surface area contributed by atoms with E-state index >= 15 is 0 Å². The Bertz CT molecular complexity index is 1040. The molecule has 0 aliphatic carbocycles. The van der Waals surface area contributed by atoms with Gasteiger partial charge in [-0.15, -0.1) is 10.2 Å². The Morgan fingerprint density at radius 3 is 2.39 bits per heavy atom. The smallest absolute Gasteiger partial charge is 0.251 e. The van der Waals surface area contributed by atoms with E-state index in [0.717, 1.165) is 5.56 Å². The third-order valence-electron chi connectivity index (χ3n) is 4.88. The molecule has 2 N–H and O–H groups in total. The molecule has 0 aliphatic rings. The zero-order valence-electron chi connectivity index (χ0n) is 17.4. The van der Waals surface area contributed by atoms with Gasteiger partial charge in [0, 0.05) is 16.1 Å². The van der Waals surface area contributed by atoms with E-state index in [4.69, 9.17) is 16.3 Å². The van der Waals surface area contributed by atoms with Crippen molar-refractivity contribution >= 4 is 39.9 Å². The summed E-state index contributed by atoms with van der Waals surface area (Å²) in [4.78, 5) is 25.6. The molecule has 2 atom stereocenters. The molecule has 0 radical (unpaired) electrons. The third kappa shape index (κ3) is 5.80. The van der Waals surface area contributed by atoms with Gasteiger partial charge in [-0.1, -0.05) is 55.3 Å². The summed E-state index contributed by atoms with van der Waals surface area (Å²) in [5.41, 5.74) is 1.30. The first-order valence-corrected chi connectivity index (χ1v) is 11.0. The fourth-order valence-electron chi connectivity index (χ4n) is 2.83. The van der Waals surface area contributed by atoms with Crippen molar-refractivity contribution in [2.45, 2.75) is 26.3 Å². The summed E-state index contributed by atoms with van der Waals surface area (Å²) < 4.78 is 5.12. The van der Waals surface area contributed by atoms with Crippen molar-refractivity contribution in [2.24, 2.45) is 5.92 Å². The lowest BCUT2D eigenvalue weighted by atomic mass is 9.98. The van der Waals surface area contributed by atoms with Crippen molar-refractivity contribution < 1.29 is 14.3 Å². The fraction of sp³-hybridized carbons (Fsp3) is 0.273. The van der Waals surface area contributed by atoms with Gasteiger partial charge in [-0.3, -0.25) is 14.9 Å². The van der Waals surface area contributed by atoms with E-state index in [0.29, 0.717) is 32.9 Å². The Morgan fingerprint density at radius 1 is 1.10 bits per heavy atom. The summed E-state index contributed by atoms with van der Waals surface area (Å²) in [7, 11) is 1.56. The molecule has 1 aromatic heterocycles. The average molecular weight is 459 g/mol. The zero-order chi connectivity index (χ0) is 22.4. The Morgan fingerprint density at radius 2 is 1.77 bits per heavy atom. The molecule has 0 aliphatic heterocycles. The van der Waals surface area contributed by atoms with Crippen molar-refractivity contribution in [1.82, 2.24) is 15.5 Å². The SMILES string of the molecule is CCC(C)C(NC(=O)c1ccc(OC)cc1)C(=O)Nc1nnc(-c2ccc(Cl)cc2)s1. The molecule has 0 saturated heterocycles. The minimum atomic E-state index is -0.720. The van der Waals surface area contributed by atoms with Crippen LogP contribution in [0.3, 0.4) is 0 Å². The van der Waals surface area contributed by atoms with Gasteiger partial charge in [-0.05, 0) is 42.3 Å². The lowest BCUT2D eigenvalue weighted by Gasteiger charge is -2.23. The molecule has 3 aromatic rings. The summed E-state index contributed by atoms with van der Waals surface area (Å²) in [5.74, 6) is -0.0939. The van der Waals surface area contributed by atoms with Crippen molar-refractivity contribution in [3.8, 4) is 16.3 Å². The van der Waals surface area contributed by atoms with E-state index in [-0.39, 0.29) is 17.7 Å². The first kappa shape index (κ1) is 22.7. The van der Waals surface area contributed by atoms with Gasteiger partial charge in [0.1, 0.15) is 16.8 Å². The number of benzene rings is 2. The van der Waals surface area contributed by atoms with Crippen LogP contribution in [0.1, 0.15) is 30.6 Å². The molecule has 2 unspecified atom stereocenters. The minimum Gasteiger partial charge on any atom is -0.497 e. The molecule has 7 nitrogen and oxygen atoms in total. The highest BCUT2D eigenvalue weighted by atomic mass is 35.5. The van der Waals surface area contributed by atoms with Gasteiger partial charge in [0.2, 0.25) is 11.0 Å². The van der Waals surface area contributed by atoms with Crippen LogP contribution in [0.25, 0.3) is 10.6 Å². The van der Waals surface area contributed by atoms with Gasteiger partial charge >= 0.3 is 0 Å². The van der Waals surface area contributed by atoms with Crippen LogP contribution < -0.4 is 15.4 Å². The lowest BCUT2D eigenvalue weighted by molar-refractivity contribution is -0.119. The number of ether oxygens (including phenoxy) is 1. The average Bonchev–Trinajstić information content (AvgIpc) is 3.25. The third-order valence-corrected chi connectivity index (χ3v) is 6.02. The standard InChI is InChI=1S/C22H23ClN4O3S/c1-4-13(2)18(24-19(28)14-7-11-17(30-3)12-8-14)20(29)25-22-27-26-21(31-22)15-5-9-16(23)10-6-15/h5-13,18H,4H2,1-3H3,(H,24,28)(H,25,27,29). The number of carbonyl (C=O) groups excluding carboxylic acids is 2. The first-order valence-electron chi connectivity index (χ1n) is 9.76. The van der Waals surface area contributed by atoms with Crippen molar-refractivity contribution in [2.75, 3.05) is 12.4 Å². The molecule has 31 heavy (non-hydrogen) atoms. The topological polar surface area (TPSA) is 93.2 Å². The van der Waals surface area contributed by atoms with E-state index in [1.807, 2.05) is 26.0 Å². The van der Waals surface area contributed by atoms with Gasteiger partial charge in [0.15, 0.2) is 0 Å². The predicted octanol–water partition coefficient (Wildman–Crippen LogP) is 4.65. The molecule has 0 spiro atoms. The molecule has 1 heterocycles. The lowest BCUT2D eigenvalue weighted by Crippen LogP contribution is -2.47. The van der Waals surface area contributed by atoms with Crippen LogP contribution in [0.5, 0.6) is 5.75 Å². The van der Waals surface area contributed by atoms with Crippen LogP contribution in [-0.2, 0) is 4.79 Å². The summed E-state index contributed by atoms with van der Waals surface area (Å²) >= 11 is 7.17. The summed E-state index contributed by atoms with van der Waals surface area (Å²) in [6.45, 7) is 3.88. The minimum absolute atomic E-state index is 0.0779. The Kier molecular flexibility index (Phi) is 7.59. The number of nitrogens with zero attached hydrogens (tertiary/aromatic N) is 2. The van der Waals surface area contributed by atoms with Crippen LogP contribution in [0.15, 0.2) is 48.5 Å². The molecule has 2 aromatic carbocycles. The van der Waals surface area contributed by atoms with Crippen LogP contribution in [-0.4, -0.2) is 35.2 Å².